The second-order valence-corrected chi connectivity index (χ2v) is 8.40. The van der Waals surface area contributed by atoms with Crippen molar-refractivity contribution in [3.63, 3.8) is 0 Å². The summed E-state index contributed by atoms with van der Waals surface area (Å²) in [7, 11) is 1.27. The van der Waals surface area contributed by atoms with E-state index < -0.39 is 18.2 Å². The summed E-state index contributed by atoms with van der Waals surface area (Å²) in [5.74, 6) is 0. The Labute approximate surface area is 190 Å². The molecular weight excluding hydrogens is 394 g/mol. The minimum Gasteiger partial charge on any atom is -0.453 e. The largest absolute Gasteiger partial charge is 0.453 e. The predicted octanol–water partition coefficient (Wildman–Crippen LogP) is 5.66. The molecule has 0 saturated heterocycles. The smallest absolute Gasteiger partial charge is 0.407 e. The molecular formula is C24H49N3O4. The van der Waals surface area contributed by atoms with Gasteiger partial charge in [-0.25, -0.2) is 9.59 Å². The molecule has 0 saturated carbocycles. The number of nitrogens with two attached hydrogens (primary N) is 1. The number of ether oxygens (including phenoxy) is 2. The van der Waals surface area contributed by atoms with Gasteiger partial charge in [-0.05, 0) is 6.42 Å². The maximum absolute atomic E-state index is 11.7. The zero-order valence-corrected chi connectivity index (χ0v) is 20.2. The number of carbonyl (C=O) groups excluding carboxylic acids is 2. The van der Waals surface area contributed by atoms with Gasteiger partial charge in [-0.15, -0.1) is 0 Å². The van der Waals surface area contributed by atoms with Crippen LogP contribution in [0.4, 0.5) is 9.59 Å². The van der Waals surface area contributed by atoms with Crippen LogP contribution in [0.2, 0.25) is 0 Å². The number of hydrogen-bond donors (Lipinski definition) is 3. The second kappa shape index (κ2) is 23.2. The van der Waals surface area contributed by atoms with E-state index in [1.54, 1.807) is 0 Å². The van der Waals surface area contributed by atoms with Gasteiger partial charge in [0.1, 0.15) is 6.61 Å². The standard InChI is InChI=1S/C24H49N3O4/c1-3-4-5-6-7-8-9-10-11-12-13-14-15-16-17-18-19-26-23(28)31-21-22(20-25)27-24(29)30-2/h22H,3-21,25H2,1-2H3,(H,26,28)(H,27,29). The molecule has 1 atom stereocenters. The van der Waals surface area contributed by atoms with E-state index in [0.29, 0.717) is 6.54 Å². The van der Waals surface area contributed by atoms with Crippen LogP contribution in [0.5, 0.6) is 0 Å². The Bertz CT molecular complexity index is 422. The van der Waals surface area contributed by atoms with Crippen molar-refractivity contribution in [2.24, 2.45) is 5.73 Å². The molecule has 4 N–H and O–H groups in total. The van der Waals surface area contributed by atoms with Crippen molar-refractivity contribution in [3.05, 3.63) is 0 Å². The summed E-state index contributed by atoms with van der Waals surface area (Å²) in [5.41, 5.74) is 5.52. The summed E-state index contributed by atoms with van der Waals surface area (Å²) in [6, 6.07) is -0.450. The molecule has 0 radical (unpaired) electrons. The molecule has 184 valence electrons. The van der Waals surface area contributed by atoms with E-state index in [2.05, 4.69) is 22.3 Å². The van der Waals surface area contributed by atoms with Crippen molar-refractivity contribution >= 4 is 12.2 Å². The maximum Gasteiger partial charge on any atom is 0.407 e. The van der Waals surface area contributed by atoms with E-state index in [1.165, 1.54) is 97.0 Å². The number of amides is 2. The molecule has 31 heavy (non-hydrogen) atoms. The second-order valence-electron chi connectivity index (χ2n) is 8.40. The highest BCUT2D eigenvalue weighted by molar-refractivity contribution is 5.68. The molecule has 0 aliphatic rings. The van der Waals surface area contributed by atoms with Crippen molar-refractivity contribution in [2.75, 3.05) is 26.8 Å². The fraction of sp³-hybridized carbons (Fsp3) is 0.917. The van der Waals surface area contributed by atoms with Crippen LogP contribution >= 0.6 is 0 Å². The van der Waals surface area contributed by atoms with E-state index in [4.69, 9.17) is 10.5 Å². The summed E-state index contributed by atoms with van der Waals surface area (Å²) < 4.78 is 9.56. The minimum atomic E-state index is -0.590. The molecule has 0 fully saturated rings. The quantitative estimate of drug-likeness (QED) is 0.199. The van der Waals surface area contributed by atoms with Gasteiger partial charge in [-0.3, -0.25) is 0 Å². The van der Waals surface area contributed by atoms with Crippen LogP contribution in [0.1, 0.15) is 110 Å². The molecule has 7 nitrogen and oxygen atoms in total. The number of unbranched alkanes of at least 4 members (excludes halogenated alkanes) is 15. The molecule has 1 unspecified atom stereocenters. The molecule has 7 heteroatoms. The van der Waals surface area contributed by atoms with Gasteiger partial charge in [0.05, 0.1) is 13.2 Å². The van der Waals surface area contributed by atoms with Crippen molar-refractivity contribution in [1.29, 1.82) is 0 Å². The highest BCUT2D eigenvalue weighted by atomic mass is 16.6. The van der Waals surface area contributed by atoms with Gasteiger partial charge < -0.3 is 25.8 Å². The third kappa shape index (κ3) is 21.5. The highest BCUT2D eigenvalue weighted by Crippen LogP contribution is 2.13. The van der Waals surface area contributed by atoms with Crippen LogP contribution in [-0.4, -0.2) is 45.0 Å². The topological polar surface area (TPSA) is 103 Å². The van der Waals surface area contributed by atoms with Gasteiger partial charge >= 0.3 is 12.2 Å². The van der Waals surface area contributed by atoms with Crippen molar-refractivity contribution in [3.8, 4) is 0 Å². The summed E-state index contributed by atoms with van der Waals surface area (Å²) >= 11 is 0. The highest BCUT2D eigenvalue weighted by Gasteiger charge is 2.13. The van der Waals surface area contributed by atoms with Gasteiger partial charge in [0.25, 0.3) is 0 Å². The van der Waals surface area contributed by atoms with E-state index in [9.17, 15) is 9.59 Å². The monoisotopic (exact) mass is 443 g/mol. The molecule has 0 aromatic rings. The lowest BCUT2D eigenvalue weighted by molar-refractivity contribution is 0.126. The van der Waals surface area contributed by atoms with Crippen molar-refractivity contribution in [2.45, 2.75) is 116 Å². The molecule has 0 aromatic carbocycles. The Balaban J connectivity index is 3.31. The molecule has 0 rings (SSSR count). The SMILES string of the molecule is CCCCCCCCCCCCCCCCCCNC(=O)OCC(CN)NC(=O)OC. The average molecular weight is 444 g/mol. The summed E-state index contributed by atoms with van der Waals surface area (Å²) in [5, 5.41) is 5.24. The first-order valence-corrected chi connectivity index (χ1v) is 12.6. The fourth-order valence-corrected chi connectivity index (χ4v) is 3.49. The first-order valence-electron chi connectivity index (χ1n) is 12.6. The van der Waals surface area contributed by atoms with Crippen molar-refractivity contribution < 1.29 is 19.1 Å². The van der Waals surface area contributed by atoms with Gasteiger partial charge in [0.15, 0.2) is 0 Å². The number of carbonyl (C=O) groups is 2. The molecule has 0 bridgehead atoms. The molecule has 0 aliphatic carbocycles. The maximum atomic E-state index is 11.7. The van der Waals surface area contributed by atoms with Gasteiger partial charge in [-0.2, -0.15) is 0 Å². The normalized spacial score (nSPS) is 11.7. The number of alkyl carbamates (subject to hydrolysis) is 2. The minimum absolute atomic E-state index is 0.0242. The number of nitrogens with one attached hydrogen (secondary N) is 2. The lowest BCUT2D eigenvalue weighted by Crippen LogP contribution is -2.44. The molecule has 0 aliphatic heterocycles. The Morgan fingerprint density at radius 1 is 0.742 bits per heavy atom. The van der Waals surface area contributed by atoms with Crippen LogP contribution in [0.25, 0.3) is 0 Å². The Kier molecular flexibility index (Phi) is 22.0. The molecule has 2 amide bonds. The van der Waals surface area contributed by atoms with E-state index in [1.807, 2.05) is 0 Å². The Morgan fingerprint density at radius 3 is 1.61 bits per heavy atom. The summed E-state index contributed by atoms with van der Waals surface area (Å²) in [6.07, 6.45) is 20.2. The first-order chi connectivity index (χ1) is 15.1. The zero-order chi connectivity index (χ0) is 23.0. The fourth-order valence-electron chi connectivity index (χ4n) is 3.49. The number of hydrogen-bond acceptors (Lipinski definition) is 5. The van der Waals surface area contributed by atoms with Crippen LogP contribution in [0, 0.1) is 0 Å². The van der Waals surface area contributed by atoms with Gasteiger partial charge in [0, 0.05) is 13.1 Å². The third-order valence-corrected chi connectivity index (χ3v) is 5.51. The third-order valence-electron chi connectivity index (χ3n) is 5.51. The van der Waals surface area contributed by atoms with Crippen molar-refractivity contribution in [1.82, 2.24) is 10.6 Å². The first kappa shape index (κ1) is 29.5. The van der Waals surface area contributed by atoms with Crippen LogP contribution < -0.4 is 16.4 Å². The van der Waals surface area contributed by atoms with Crippen LogP contribution in [0.3, 0.4) is 0 Å². The number of methoxy groups -OCH3 is 1. The lowest BCUT2D eigenvalue weighted by atomic mass is 10.0. The molecule has 0 heterocycles. The summed E-state index contributed by atoms with van der Waals surface area (Å²) in [6.45, 7) is 3.07. The van der Waals surface area contributed by atoms with E-state index in [-0.39, 0.29) is 13.2 Å². The lowest BCUT2D eigenvalue weighted by Gasteiger charge is -2.16. The number of rotatable bonds is 21. The molecule has 0 spiro atoms. The Hall–Kier alpha value is -1.50. The van der Waals surface area contributed by atoms with Gasteiger partial charge in [0.2, 0.25) is 0 Å². The van der Waals surface area contributed by atoms with Crippen LogP contribution in [0.15, 0.2) is 0 Å². The predicted molar refractivity (Wildman–Crippen MR) is 127 cm³/mol. The zero-order valence-electron chi connectivity index (χ0n) is 20.2. The Morgan fingerprint density at radius 2 is 1.19 bits per heavy atom. The van der Waals surface area contributed by atoms with Gasteiger partial charge in [-0.1, -0.05) is 103 Å². The molecule has 0 aromatic heterocycles. The van der Waals surface area contributed by atoms with E-state index >= 15 is 0 Å². The van der Waals surface area contributed by atoms with E-state index in [0.717, 1.165) is 12.8 Å². The summed E-state index contributed by atoms with van der Waals surface area (Å²) in [4.78, 5) is 22.8. The van der Waals surface area contributed by atoms with Crippen LogP contribution in [-0.2, 0) is 9.47 Å². The average Bonchev–Trinajstić information content (AvgIpc) is 2.78.